The lowest BCUT2D eigenvalue weighted by Gasteiger charge is -2.25. The molecule has 0 saturated heterocycles. The van der Waals surface area contributed by atoms with Crippen LogP contribution >= 0.6 is 11.6 Å². The predicted octanol–water partition coefficient (Wildman–Crippen LogP) is 5.01. The first-order chi connectivity index (χ1) is 12.4. The van der Waals surface area contributed by atoms with E-state index in [2.05, 4.69) is 0 Å². The van der Waals surface area contributed by atoms with Crippen molar-refractivity contribution >= 4 is 27.3 Å². The zero-order valence-electron chi connectivity index (χ0n) is 13.4. The highest BCUT2D eigenvalue weighted by Gasteiger charge is 2.25. The molecule has 3 rings (SSSR count). The minimum Gasteiger partial charge on any atom is -0.262 e. The Morgan fingerprint density at radius 1 is 0.846 bits per heavy atom. The Kier molecular flexibility index (Phi) is 5.25. The van der Waals surface area contributed by atoms with Crippen LogP contribution in [0.4, 0.5) is 14.5 Å². The van der Waals surface area contributed by atoms with Crippen molar-refractivity contribution < 1.29 is 17.2 Å². The molecule has 0 bridgehead atoms. The van der Waals surface area contributed by atoms with E-state index in [1.807, 2.05) is 0 Å². The quantitative estimate of drug-likeness (QED) is 0.610. The molecule has 0 amide bonds. The molecule has 0 N–H and O–H groups in total. The van der Waals surface area contributed by atoms with E-state index in [0.29, 0.717) is 10.6 Å². The third kappa shape index (κ3) is 4.03. The standard InChI is InChI=1S/C19H14ClF2NO2S/c20-15-4-10-19(11-5-15)26(24,25)23(18-8-6-16(21)7-9-18)13-14-2-1-3-17(22)12-14/h1-12H,13H2. The third-order valence-electron chi connectivity index (χ3n) is 3.73. The molecule has 0 aliphatic heterocycles. The smallest absolute Gasteiger partial charge is 0.262 e. The van der Waals surface area contributed by atoms with Gasteiger partial charge in [0.25, 0.3) is 10.0 Å². The lowest BCUT2D eigenvalue weighted by atomic mass is 10.2. The first-order valence-electron chi connectivity index (χ1n) is 7.64. The largest absolute Gasteiger partial charge is 0.264 e. The molecular formula is C19H14ClF2NO2S. The molecule has 0 saturated carbocycles. The van der Waals surface area contributed by atoms with E-state index in [1.54, 1.807) is 6.07 Å². The molecule has 0 aromatic heterocycles. The minimum atomic E-state index is -3.96. The average Bonchev–Trinajstić information content (AvgIpc) is 2.61. The molecule has 0 atom stereocenters. The zero-order valence-corrected chi connectivity index (χ0v) is 15.0. The second-order valence-corrected chi connectivity index (χ2v) is 7.87. The first kappa shape index (κ1) is 18.4. The van der Waals surface area contributed by atoms with Crippen LogP contribution in [-0.2, 0) is 16.6 Å². The fourth-order valence-electron chi connectivity index (χ4n) is 2.46. The molecular weight excluding hydrogens is 380 g/mol. The Labute approximate surface area is 155 Å². The zero-order chi connectivity index (χ0) is 18.7. The summed E-state index contributed by atoms with van der Waals surface area (Å²) < 4.78 is 54.1. The van der Waals surface area contributed by atoms with E-state index < -0.39 is 21.7 Å². The van der Waals surface area contributed by atoms with E-state index in [-0.39, 0.29) is 17.1 Å². The van der Waals surface area contributed by atoms with Crippen molar-refractivity contribution in [1.29, 1.82) is 0 Å². The van der Waals surface area contributed by atoms with Crippen molar-refractivity contribution in [3.63, 3.8) is 0 Å². The van der Waals surface area contributed by atoms with Crippen molar-refractivity contribution in [3.8, 4) is 0 Å². The number of hydrogen-bond acceptors (Lipinski definition) is 2. The second-order valence-electron chi connectivity index (χ2n) is 5.57. The molecule has 7 heteroatoms. The van der Waals surface area contributed by atoms with Crippen molar-refractivity contribution in [2.45, 2.75) is 11.4 Å². The summed E-state index contributed by atoms with van der Waals surface area (Å²) in [6, 6.07) is 16.5. The summed E-state index contributed by atoms with van der Waals surface area (Å²) in [7, 11) is -3.96. The Balaban J connectivity index is 2.07. The lowest BCUT2D eigenvalue weighted by Crippen LogP contribution is -2.30. The second kappa shape index (κ2) is 7.43. The van der Waals surface area contributed by atoms with E-state index in [1.165, 1.54) is 66.7 Å². The summed E-state index contributed by atoms with van der Waals surface area (Å²) >= 11 is 5.83. The van der Waals surface area contributed by atoms with Crippen molar-refractivity contribution in [2.24, 2.45) is 0 Å². The summed E-state index contributed by atoms with van der Waals surface area (Å²) in [5.74, 6) is -0.950. The van der Waals surface area contributed by atoms with Crippen LogP contribution in [0.3, 0.4) is 0 Å². The average molecular weight is 394 g/mol. The Bertz CT molecular complexity index is 1010. The molecule has 0 fully saturated rings. The monoisotopic (exact) mass is 393 g/mol. The number of anilines is 1. The van der Waals surface area contributed by atoms with Crippen LogP contribution in [0.1, 0.15) is 5.56 Å². The van der Waals surface area contributed by atoms with Gasteiger partial charge in [0.15, 0.2) is 0 Å². The van der Waals surface area contributed by atoms with Gasteiger partial charge < -0.3 is 0 Å². The van der Waals surface area contributed by atoms with Crippen LogP contribution in [-0.4, -0.2) is 8.42 Å². The summed E-state index contributed by atoms with van der Waals surface area (Å²) in [6.07, 6.45) is 0. The fraction of sp³-hybridized carbons (Fsp3) is 0.0526. The van der Waals surface area contributed by atoms with E-state index in [0.717, 1.165) is 4.31 Å². The van der Waals surface area contributed by atoms with Gasteiger partial charge in [0.2, 0.25) is 0 Å². The summed E-state index contributed by atoms with van der Waals surface area (Å²) in [5.41, 5.74) is 0.734. The van der Waals surface area contributed by atoms with Crippen LogP contribution in [0, 0.1) is 11.6 Å². The fourth-order valence-corrected chi connectivity index (χ4v) is 4.04. The third-order valence-corrected chi connectivity index (χ3v) is 5.77. The molecule has 26 heavy (non-hydrogen) atoms. The highest BCUT2D eigenvalue weighted by atomic mass is 35.5. The molecule has 0 unspecified atom stereocenters. The molecule has 3 aromatic rings. The Morgan fingerprint density at radius 2 is 1.50 bits per heavy atom. The minimum absolute atomic E-state index is 0.0302. The van der Waals surface area contributed by atoms with Crippen molar-refractivity contribution in [2.75, 3.05) is 4.31 Å². The molecule has 3 aromatic carbocycles. The van der Waals surface area contributed by atoms with Gasteiger partial charge in [-0.2, -0.15) is 0 Å². The molecule has 0 aliphatic carbocycles. The van der Waals surface area contributed by atoms with Gasteiger partial charge in [0.05, 0.1) is 17.1 Å². The van der Waals surface area contributed by atoms with Gasteiger partial charge in [-0.3, -0.25) is 4.31 Å². The molecule has 0 heterocycles. The molecule has 0 spiro atoms. The molecule has 134 valence electrons. The molecule has 0 aliphatic rings. The maximum Gasteiger partial charge on any atom is 0.264 e. The predicted molar refractivity (Wildman–Crippen MR) is 97.6 cm³/mol. The van der Waals surface area contributed by atoms with Crippen molar-refractivity contribution in [3.05, 3.63) is 95.0 Å². The van der Waals surface area contributed by atoms with E-state index in [9.17, 15) is 17.2 Å². The van der Waals surface area contributed by atoms with Gasteiger partial charge in [-0.25, -0.2) is 17.2 Å². The van der Waals surface area contributed by atoms with Crippen LogP contribution in [0.5, 0.6) is 0 Å². The van der Waals surface area contributed by atoms with Crippen LogP contribution < -0.4 is 4.31 Å². The molecule has 0 radical (unpaired) electrons. The van der Waals surface area contributed by atoms with Crippen molar-refractivity contribution in [1.82, 2.24) is 0 Å². The SMILES string of the molecule is O=S(=O)(c1ccc(Cl)cc1)N(Cc1cccc(F)c1)c1ccc(F)cc1. The van der Waals surface area contributed by atoms with Gasteiger partial charge in [0, 0.05) is 5.02 Å². The van der Waals surface area contributed by atoms with Gasteiger partial charge in [-0.15, -0.1) is 0 Å². The Morgan fingerprint density at radius 3 is 2.12 bits per heavy atom. The van der Waals surface area contributed by atoms with Gasteiger partial charge in [-0.05, 0) is 66.2 Å². The number of hydrogen-bond donors (Lipinski definition) is 0. The summed E-state index contributed by atoms with van der Waals surface area (Å²) in [6.45, 7) is -0.103. The van der Waals surface area contributed by atoms with Crippen LogP contribution in [0.2, 0.25) is 5.02 Å². The summed E-state index contributed by atoms with van der Waals surface area (Å²) in [4.78, 5) is 0.0302. The number of nitrogens with zero attached hydrogens (tertiary/aromatic N) is 1. The number of benzene rings is 3. The van der Waals surface area contributed by atoms with Gasteiger partial charge >= 0.3 is 0 Å². The summed E-state index contributed by atoms with van der Waals surface area (Å²) in [5, 5.41) is 0.405. The topological polar surface area (TPSA) is 37.4 Å². The maximum absolute atomic E-state index is 13.5. The van der Waals surface area contributed by atoms with Gasteiger partial charge in [-0.1, -0.05) is 23.7 Å². The first-order valence-corrected chi connectivity index (χ1v) is 9.46. The lowest BCUT2D eigenvalue weighted by molar-refractivity contribution is 0.589. The molecule has 3 nitrogen and oxygen atoms in total. The van der Waals surface area contributed by atoms with Crippen LogP contribution in [0.25, 0.3) is 0 Å². The van der Waals surface area contributed by atoms with E-state index >= 15 is 0 Å². The number of rotatable bonds is 5. The van der Waals surface area contributed by atoms with Crippen LogP contribution in [0.15, 0.2) is 77.7 Å². The number of halogens is 3. The highest BCUT2D eigenvalue weighted by molar-refractivity contribution is 7.92. The highest BCUT2D eigenvalue weighted by Crippen LogP contribution is 2.27. The number of sulfonamides is 1. The maximum atomic E-state index is 13.5. The Hall–Kier alpha value is -2.44. The van der Waals surface area contributed by atoms with Gasteiger partial charge in [0.1, 0.15) is 11.6 Å². The van der Waals surface area contributed by atoms with E-state index in [4.69, 9.17) is 11.6 Å². The normalized spacial score (nSPS) is 11.3.